The van der Waals surface area contributed by atoms with E-state index in [0.717, 1.165) is 0 Å². The summed E-state index contributed by atoms with van der Waals surface area (Å²) < 4.78 is 43.1. The Morgan fingerprint density at radius 1 is 1.44 bits per heavy atom. The van der Waals surface area contributed by atoms with Gasteiger partial charge in [0.05, 0.1) is 10.2 Å². The van der Waals surface area contributed by atoms with Crippen molar-refractivity contribution in [2.45, 2.75) is 6.92 Å². The Morgan fingerprint density at radius 2 is 2.11 bits per heavy atom. The predicted molar refractivity (Wildman–Crippen MR) is 71.7 cm³/mol. The lowest BCUT2D eigenvalue weighted by Gasteiger charge is -2.16. The zero-order valence-electron chi connectivity index (χ0n) is 10.2. The molecule has 0 N–H and O–H groups in total. The van der Waals surface area contributed by atoms with Gasteiger partial charge in [-0.05, 0) is 35.0 Å². The van der Waals surface area contributed by atoms with Crippen LogP contribution in [-0.4, -0.2) is 38.7 Å². The molecule has 1 aromatic carbocycles. The Balaban J connectivity index is 2.54. The molecule has 0 aliphatic heterocycles. The van der Waals surface area contributed by atoms with Crippen LogP contribution in [0.15, 0.2) is 22.7 Å². The maximum absolute atomic E-state index is 13.0. The Labute approximate surface area is 115 Å². The number of rotatable bonds is 6. The predicted octanol–water partition coefficient (Wildman–Crippen LogP) is 2.25. The van der Waals surface area contributed by atoms with E-state index in [0.29, 0.717) is 10.2 Å². The summed E-state index contributed by atoms with van der Waals surface area (Å²) in [7, 11) is -1.71. The van der Waals surface area contributed by atoms with Crippen LogP contribution in [0, 0.1) is 5.82 Å². The molecule has 0 aliphatic carbocycles. The third-order valence-corrected chi connectivity index (χ3v) is 4.91. The van der Waals surface area contributed by atoms with Gasteiger partial charge in [0.15, 0.2) is 0 Å². The zero-order valence-corrected chi connectivity index (χ0v) is 12.6. The molecule has 7 heteroatoms. The minimum absolute atomic E-state index is 0.0488. The highest BCUT2D eigenvalue weighted by Gasteiger charge is 2.14. The molecule has 0 amide bonds. The van der Waals surface area contributed by atoms with E-state index in [1.165, 1.54) is 29.6 Å². The summed E-state index contributed by atoms with van der Waals surface area (Å²) in [5, 5.41) is 0. The molecule has 0 fully saturated rings. The van der Waals surface area contributed by atoms with Crippen LogP contribution in [0.3, 0.4) is 0 Å². The van der Waals surface area contributed by atoms with Gasteiger partial charge in [-0.25, -0.2) is 17.1 Å². The van der Waals surface area contributed by atoms with Crippen molar-refractivity contribution in [3.63, 3.8) is 0 Å². The van der Waals surface area contributed by atoms with Crippen molar-refractivity contribution in [3.8, 4) is 5.75 Å². The van der Waals surface area contributed by atoms with Gasteiger partial charge in [0.1, 0.15) is 18.2 Å². The molecule has 0 bridgehead atoms. The van der Waals surface area contributed by atoms with Crippen molar-refractivity contribution in [1.82, 2.24) is 4.31 Å². The smallest absolute Gasteiger partial charge is 0.213 e. The van der Waals surface area contributed by atoms with Crippen molar-refractivity contribution in [2.24, 2.45) is 0 Å². The van der Waals surface area contributed by atoms with E-state index in [2.05, 4.69) is 15.9 Å². The fourth-order valence-corrected chi connectivity index (χ4v) is 2.39. The molecule has 0 aliphatic rings. The minimum atomic E-state index is -3.20. The molecule has 102 valence electrons. The lowest BCUT2D eigenvalue weighted by atomic mass is 10.3. The van der Waals surface area contributed by atoms with Crippen molar-refractivity contribution < 1.29 is 17.5 Å². The van der Waals surface area contributed by atoms with Crippen LogP contribution in [0.5, 0.6) is 5.75 Å². The number of nitrogens with zero attached hydrogens (tertiary/aromatic N) is 1. The van der Waals surface area contributed by atoms with Gasteiger partial charge in [0.2, 0.25) is 10.0 Å². The van der Waals surface area contributed by atoms with Gasteiger partial charge in [0, 0.05) is 19.7 Å². The quantitative estimate of drug-likeness (QED) is 0.798. The lowest BCUT2D eigenvalue weighted by molar-refractivity contribution is 0.284. The molecule has 0 radical (unpaired) electrons. The molecular weight excluding hydrogens is 325 g/mol. The summed E-state index contributed by atoms with van der Waals surface area (Å²) in [6, 6.07) is 4.10. The van der Waals surface area contributed by atoms with Gasteiger partial charge in [0.25, 0.3) is 0 Å². The molecule has 0 unspecified atom stereocenters. The second-order valence-electron chi connectivity index (χ2n) is 3.65. The van der Waals surface area contributed by atoms with Crippen LogP contribution in [0.4, 0.5) is 4.39 Å². The summed E-state index contributed by atoms with van der Waals surface area (Å²) in [5.41, 5.74) is 0. The third-order valence-electron chi connectivity index (χ3n) is 2.40. The Bertz CT molecular complexity index is 507. The molecule has 4 nitrogen and oxygen atoms in total. The zero-order chi connectivity index (χ0) is 13.8. The number of sulfonamides is 1. The fourth-order valence-electron chi connectivity index (χ4n) is 1.23. The van der Waals surface area contributed by atoms with Crippen LogP contribution in [0.25, 0.3) is 0 Å². The summed E-state index contributed by atoms with van der Waals surface area (Å²) in [4.78, 5) is 0. The summed E-state index contributed by atoms with van der Waals surface area (Å²) >= 11 is 3.23. The second-order valence-corrected chi connectivity index (χ2v) is 6.86. The Kier molecular flexibility index (Phi) is 5.55. The van der Waals surface area contributed by atoms with Crippen LogP contribution < -0.4 is 4.74 Å². The Hall–Kier alpha value is -0.660. The number of benzene rings is 1. The normalized spacial score (nSPS) is 11.8. The molecular formula is C11H15BrFNO3S. The van der Waals surface area contributed by atoms with Crippen LogP contribution in [-0.2, 0) is 10.0 Å². The van der Waals surface area contributed by atoms with Crippen molar-refractivity contribution >= 4 is 26.0 Å². The average Bonchev–Trinajstić information content (AvgIpc) is 2.33. The van der Waals surface area contributed by atoms with E-state index in [1.54, 1.807) is 6.92 Å². The fraction of sp³-hybridized carbons (Fsp3) is 0.455. The number of hydrogen-bond acceptors (Lipinski definition) is 3. The van der Waals surface area contributed by atoms with Gasteiger partial charge in [-0.1, -0.05) is 0 Å². The van der Waals surface area contributed by atoms with Crippen LogP contribution in [0.2, 0.25) is 0 Å². The molecule has 18 heavy (non-hydrogen) atoms. The number of halogens is 2. The molecule has 0 saturated carbocycles. The first-order valence-electron chi connectivity index (χ1n) is 5.38. The van der Waals surface area contributed by atoms with Crippen molar-refractivity contribution in [2.75, 3.05) is 26.0 Å². The number of ether oxygens (including phenoxy) is 1. The van der Waals surface area contributed by atoms with Gasteiger partial charge >= 0.3 is 0 Å². The van der Waals surface area contributed by atoms with E-state index in [4.69, 9.17) is 4.74 Å². The van der Waals surface area contributed by atoms with E-state index in [9.17, 15) is 12.8 Å². The molecule has 0 aromatic heterocycles. The van der Waals surface area contributed by atoms with Gasteiger partial charge in [-0.15, -0.1) is 0 Å². The standard InChI is InChI=1S/C11H15BrFNO3S/c1-3-18(15,16)14(2)6-7-17-11-8-9(13)4-5-10(11)12/h4-5,8H,3,6-7H2,1-2H3. The number of hydrogen-bond donors (Lipinski definition) is 0. The van der Waals surface area contributed by atoms with Gasteiger partial charge < -0.3 is 4.74 Å². The monoisotopic (exact) mass is 339 g/mol. The maximum Gasteiger partial charge on any atom is 0.213 e. The topological polar surface area (TPSA) is 46.6 Å². The SMILES string of the molecule is CCS(=O)(=O)N(C)CCOc1cc(F)ccc1Br. The molecule has 0 saturated heterocycles. The molecule has 0 heterocycles. The highest BCUT2D eigenvalue weighted by Crippen LogP contribution is 2.25. The molecule has 0 spiro atoms. The van der Waals surface area contributed by atoms with E-state index >= 15 is 0 Å². The highest BCUT2D eigenvalue weighted by molar-refractivity contribution is 9.10. The summed E-state index contributed by atoms with van der Waals surface area (Å²) in [6.07, 6.45) is 0. The molecule has 0 atom stereocenters. The molecule has 1 aromatic rings. The van der Waals surface area contributed by atoms with Crippen molar-refractivity contribution in [1.29, 1.82) is 0 Å². The van der Waals surface area contributed by atoms with Crippen LogP contribution in [0.1, 0.15) is 6.92 Å². The van der Waals surface area contributed by atoms with Crippen molar-refractivity contribution in [3.05, 3.63) is 28.5 Å². The first-order chi connectivity index (χ1) is 8.36. The summed E-state index contributed by atoms with van der Waals surface area (Å²) in [5.74, 6) is 0.00713. The average molecular weight is 340 g/mol. The Morgan fingerprint density at radius 3 is 2.72 bits per heavy atom. The van der Waals surface area contributed by atoms with Gasteiger partial charge in [-0.3, -0.25) is 0 Å². The maximum atomic E-state index is 13.0. The first kappa shape index (κ1) is 15.4. The van der Waals surface area contributed by atoms with Gasteiger partial charge in [-0.2, -0.15) is 0 Å². The minimum Gasteiger partial charge on any atom is -0.491 e. The third kappa shape index (κ3) is 4.22. The highest BCUT2D eigenvalue weighted by atomic mass is 79.9. The van der Waals surface area contributed by atoms with Crippen LogP contribution >= 0.6 is 15.9 Å². The summed E-state index contributed by atoms with van der Waals surface area (Å²) in [6.45, 7) is 1.97. The largest absolute Gasteiger partial charge is 0.491 e. The molecule has 1 rings (SSSR count). The van der Waals surface area contributed by atoms with E-state index < -0.39 is 15.8 Å². The van der Waals surface area contributed by atoms with E-state index in [-0.39, 0.29) is 18.9 Å². The first-order valence-corrected chi connectivity index (χ1v) is 7.79. The van der Waals surface area contributed by atoms with E-state index in [1.807, 2.05) is 0 Å². The second kappa shape index (κ2) is 6.49. The number of likely N-dealkylation sites (N-methyl/N-ethyl adjacent to an activating group) is 1. The lowest BCUT2D eigenvalue weighted by Crippen LogP contribution is -2.32.